The fourth-order valence-corrected chi connectivity index (χ4v) is 5.39. The van der Waals surface area contributed by atoms with Crippen LogP contribution in [0.15, 0.2) is 41.2 Å². The number of H-pyrrole nitrogens is 1. The van der Waals surface area contributed by atoms with Crippen LogP contribution in [-0.2, 0) is 0 Å². The molecule has 0 radical (unpaired) electrons. The molecule has 1 amide bonds. The van der Waals surface area contributed by atoms with Gasteiger partial charge < -0.3 is 14.8 Å². The minimum absolute atomic E-state index is 0.0632. The Hall–Kier alpha value is -2.40. The Kier molecular flexibility index (Phi) is 5.83. The smallest absolute Gasteiger partial charge is 0.255 e. The zero-order chi connectivity index (χ0) is 21.4. The highest BCUT2D eigenvalue weighted by atomic mass is 16.2. The van der Waals surface area contributed by atoms with Crippen LogP contribution >= 0.6 is 0 Å². The molecule has 0 bridgehead atoms. The van der Waals surface area contributed by atoms with Crippen molar-refractivity contribution in [2.45, 2.75) is 33.6 Å². The zero-order valence-corrected chi connectivity index (χ0v) is 18.5. The van der Waals surface area contributed by atoms with Crippen LogP contribution in [0, 0.1) is 31.6 Å². The Bertz CT molecular complexity index is 928. The first-order valence-corrected chi connectivity index (χ1v) is 11.1. The average Bonchev–Trinajstić information content (AvgIpc) is 3.25. The van der Waals surface area contributed by atoms with Gasteiger partial charge in [0.2, 0.25) is 5.56 Å². The first kappa shape index (κ1) is 20.9. The molecule has 0 spiro atoms. The Morgan fingerprint density at radius 2 is 1.70 bits per heavy atom. The van der Waals surface area contributed by atoms with E-state index in [1.165, 1.54) is 11.6 Å². The number of nitrogens with zero attached hydrogens (tertiary/aromatic N) is 2. The van der Waals surface area contributed by atoms with Crippen molar-refractivity contribution in [1.82, 2.24) is 14.8 Å². The summed E-state index contributed by atoms with van der Waals surface area (Å²) in [7, 11) is 0. The molecule has 5 nitrogen and oxygen atoms in total. The molecule has 2 aliphatic heterocycles. The van der Waals surface area contributed by atoms with Gasteiger partial charge in [-0.2, -0.15) is 0 Å². The van der Waals surface area contributed by atoms with Crippen molar-refractivity contribution in [3.63, 3.8) is 0 Å². The van der Waals surface area contributed by atoms with Gasteiger partial charge in [0.05, 0.1) is 5.56 Å². The van der Waals surface area contributed by atoms with Crippen LogP contribution in [0.2, 0.25) is 0 Å². The highest BCUT2D eigenvalue weighted by molar-refractivity contribution is 5.96. The maximum absolute atomic E-state index is 13.1. The maximum Gasteiger partial charge on any atom is 0.255 e. The van der Waals surface area contributed by atoms with Gasteiger partial charge >= 0.3 is 0 Å². The Morgan fingerprint density at radius 1 is 1.07 bits per heavy atom. The number of hydrogen-bond donors (Lipinski definition) is 1. The van der Waals surface area contributed by atoms with Crippen molar-refractivity contribution in [3.8, 4) is 0 Å². The van der Waals surface area contributed by atoms with Crippen LogP contribution in [0.5, 0.6) is 0 Å². The minimum atomic E-state index is -0.144. The number of rotatable bonds is 5. The Labute approximate surface area is 179 Å². The number of carbonyl (C=O) groups is 1. The topological polar surface area (TPSA) is 56.4 Å². The maximum atomic E-state index is 13.1. The van der Waals surface area contributed by atoms with Crippen molar-refractivity contribution in [1.29, 1.82) is 0 Å². The average molecular weight is 408 g/mol. The number of amides is 1. The highest BCUT2D eigenvalue weighted by Crippen LogP contribution is 2.34. The SMILES string of the molecule is Cc1cc(=O)[nH]c(C)c1C(=O)N1CC2CN(CC(C)[C@H](C)c3ccccc3)CC2C1. The molecule has 2 saturated heterocycles. The fourth-order valence-electron chi connectivity index (χ4n) is 5.39. The fraction of sp³-hybridized carbons (Fsp3) is 0.520. The molecule has 2 fully saturated rings. The summed E-state index contributed by atoms with van der Waals surface area (Å²) >= 11 is 0. The Balaban J connectivity index is 1.35. The summed E-state index contributed by atoms with van der Waals surface area (Å²) in [5.41, 5.74) is 3.37. The van der Waals surface area contributed by atoms with E-state index < -0.39 is 0 Å². The van der Waals surface area contributed by atoms with Crippen molar-refractivity contribution < 1.29 is 4.79 Å². The van der Waals surface area contributed by atoms with Crippen LogP contribution in [0.1, 0.15) is 46.9 Å². The molecule has 5 heteroatoms. The molecule has 1 aromatic heterocycles. The number of nitrogens with one attached hydrogen (secondary N) is 1. The standard InChI is InChI=1S/C25H33N3O2/c1-16-10-23(29)26-19(4)24(16)25(30)28-14-21-12-27(13-22(21)15-28)11-17(2)18(3)20-8-6-5-7-9-20/h5-10,17-18,21-22H,11-15H2,1-4H3,(H,26,29)/t17?,18-,21?,22?/m0/s1. The summed E-state index contributed by atoms with van der Waals surface area (Å²) in [6, 6.07) is 12.3. The van der Waals surface area contributed by atoms with Gasteiger partial charge in [0, 0.05) is 44.5 Å². The predicted molar refractivity (Wildman–Crippen MR) is 120 cm³/mol. The van der Waals surface area contributed by atoms with Crippen LogP contribution in [0.3, 0.4) is 0 Å². The lowest BCUT2D eigenvalue weighted by molar-refractivity contribution is 0.0770. The lowest BCUT2D eigenvalue weighted by Gasteiger charge is -2.27. The molecule has 2 aliphatic rings. The molecule has 3 unspecified atom stereocenters. The molecule has 1 aromatic carbocycles. The third kappa shape index (κ3) is 4.08. The second-order valence-electron chi connectivity index (χ2n) is 9.44. The summed E-state index contributed by atoms with van der Waals surface area (Å²) < 4.78 is 0. The van der Waals surface area contributed by atoms with Gasteiger partial charge in [0.25, 0.3) is 5.91 Å². The molecular weight excluding hydrogens is 374 g/mol. The highest BCUT2D eigenvalue weighted by Gasteiger charge is 2.42. The minimum Gasteiger partial charge on any atom is -0.338 e. The summed E-state index contributed by atoms with van der Waals surface area (Å²) in [6.07, 6.45) is 0. The van der Waals surface area contributed by atoms with Gasteiger partial charge in [-0.1, -0.05) is 44.2 Å². The van der Waals surface area contributed by atoms with E-state index >= 15 is 0 Å². The molecule has 0 saturated carbocycles. The van der Waals surface area contributed by atoms with Crippen molar-refractivity contribution >= 4 is 5.91 Å². The summed E-state index contributed by atoms with van der Waals surface area (Å²) in [6.45, 7) is 13.2. The largest absolute Gasteiger partial charge is 0.338 e. The van der Waals surface area contributed by atoms with E-state index in [-0.39, 0.29) is 11.5 Å². The number of benzene rings is 1. The van der Waals surface area contributed by atoms with Gasteiger partial charge in [-0.25, -0.2) is 0 Å². The monoisotopic (exact) mass is 407 g/mol. The van der Waals surface area contributed by atoms with Crippen LogP contribution in [0.25, 0.3) is 0 Å². The predicted octanol–water partition coefficient (Wildman–Crippen LogP) is 3.44. The van der Waals surface area contributed by atoms with Crippen molar-refractivity contribution in [2.24, 2.45) is 17.8 Å². The molecule has 4 atom stereocenters. The molecule has 30 heavy (non-hydrogen) atoms. The lowest BCUT2D eigenvalue weighted by Crippen LogP contribution is -2.36. The Morgan fingerprint density at radius 3 is 2.30 bits per heavy atom. The van der Waals surface area contributed by atoms with Crippen LogP contribution < -0.4 is 5.56 Å². The van der Waals surface area contributed by atoms with E-state index in [4.69, 9.17) is 0 Å². The molecular formula is C25H33N3O2. The number of likely N-dealkylation sites (tertiary alicyclic amines) is 2. The number of aryl methyl sites for hydroxylation is 2. The number of carbonyl (C=O) groups excluding carboxylic acids is 1. The van der Waals surface area contributed by atoms with E-state index in [2.05, 4.69) is 54.1 Å². The van der Waals surface area contributed by atoms with Gasteiger partial charge in [-0.05, 0) is 48.6 Å². The van der Waals surface area contributed by atoms with Crippen LogP contribution in [0.4, 0.5) is 0 Å². The lowest BCUT2D eigenvalue weighted by atomic mass is 9.88. The van der Waals surface area contributed by atoms with E-state index in [0.29, 0.717) is 34.9 Å². The van der Waals surface area contributed by atoms with Crippen LogP contribution in [-0.4, -0.2) is 53.4 Å². The summed E-state index contributed by atoms with van der Waals surface area (Å²) in [4.78, 5) is 32.1. The first-order chi connectivity index (χ1) is 14.3. The number of pyridine rings is 1. The number of aromatic amines is 1. The molecule has 2 aromatic rings. The van der Waals surface area contributed by atoms with E-state index in [9.17, 15) is 9.59 Å². The summed E-state index contributed by atoms with van der Waals surface area (Å²) in [5, 5.41) is 0. The van der Waals surface area contributed by atoms with Crippen molar-refractivity contribution in [2.75, 3.05) is 32.7 Å². The molecule has 3 heterocycles. The normalized spacial score (nSPS) is 23.4. The van der Waals surface area contributed by atoms with Gasteiger partial charge in [-0.15, -0.1) is 0 Å². The zero-order valence-electron chi connectivity index (χ0n) is 18.5. The number of fused-ring (bicyclic) bond motifs is 1. The van der Waals surface area contributed by atoms with Crippen molar-refractivity contribution in [3.05, 3.63) is 69.1 Å². The first-order valence-electron chi connectivity index (χ1n) is 11.1. The quantitative estimate of drug-likeness (QED) is 0.826. The molecule has 4 rings (SSSR count). The third-order valence-corrected chi connectivity index (χ3v) is 7.22. The van der Waals surface area contributed by atoms with E-state index in [1.807, 2.05) is 18.7 Å². The molecule has 1 N–H and O–H groups in total. The molecule has 0 aliphatic carbocycles. The number of aromatic nitrogens is 1. The van der Waals surface area contributed by atoms with E-state index in [1.54, 1.807) is 0 Å². The third-order valence-electron chi connectivity index (χ3n) is 7.22. The number of hydrogen-bond acceptors (Lipinski definition) is 3. The van der Waals surface area contributed by atoms with E-state index in [0.717, 1.165) is 38.3 Å². The van der Waals surface area contributed by atoms with Gasteiger partial charge in [0.15, 0.2) is 0 Å². The second-order valence-corrected chi connectivity index (χ2v) is 9.44. The summed E-state index contributed by atoms with van der Waals surface area (Å²) in [5.74, 6) is 2.30. The second kappa shape index (κ2) is 8.38. The van der Waals surface area contributed by atoms with Gasteiger partial charge in [0.1, 0.15) is 0 Å². The molecule has 160 valence electrons. The van der Waals surface area contributed by atoms with Gasteiger partial charge in [-0.3, -0.25) is 9.59 Å².